The van der Waals surface area contributed by atoms with Gasteiger partial charge in [0.05, 0.1) is 0 Å². The first-order valence-electron chi connectivity index (χ1n) is 6.90. The first-order valence-corrected chi connectivity index (χ1v) is 6.90. The topological polar surface area (TPSA) is 149 Å². The lowest BCUT2D eigenvalue weighted by molar-refractivity contribution is -0.137. The van der Waals surface area contributed by atoms with Crippen LogP contribution in [0, 0.1) is 0 Å². The second-order valence-electron chi connectivity index (χ2n) is 4.86. The fourth-order valence-corrected chi connectivity index (χ4v) is 2.08. The van der Waals surface area contributed by atoms with Crippen LogP contribution in [0.1, 0.15) is 32.1 Å². The molecule has 0 aliphatic carbocycles. The summed E-state index contributed by atoms with van der Waals surface area (Å²) in [5, 5.41) is 5.49. The molecule has 8 N–H and O–H groups in total. The van der Waals surface area contributed by atoms with Crippen molar-refractivity contribution in [3.05, 3.63) is 0 Å². The van der Waals surface area contributed by atoms with Crippen LogP contribution in [0.2, 0.25) is 0 Å². The quantitative estimate of drug-likeness (QED) is 0.201. The van der Waals surface area contributed by atoms with Gasteiger partial charge in [-0.1, -0.05) is 0 Å². The molecule has 2 atom stereocenters. The van der Waals surface area contributed by atoms with Gasteiger partial charge in [-0.15, -0.1) is 0 Å². The van der Waals surface area contributed by atoms with E-state index in [2.05, 4.69) is 15.6 Å². The van der Waals surface area contributed by atoms with E-state index >= 15 is 0 Å². The van der Waals surface area contributed by atoms with Crippen molar-refractivity contribution < 1.29 is 9.59 Å². The van der Waals surface area contributed by atoms with Gasteiger partial charge in [-0.2, -0.15) is 0 Å². The standard InChI is InChI=1S/C12H24N6O2/c13-6-2-1-4-8-10(19)18-9(11(20)17-8)5-3-7-16-12(14)15/h8-9H,1-7,13H2,(H,17,20)(H,18,19)(H4,14,15,16)/t8-,9-/m0/s1. The zero-order valence-electron chi connectivity index (χ0n) is 11.6. The van der Waals surface area contributed by atoms with Crippen molar-refractivity contribution in [1.29, 1.82) is 0 Å². The summed E-state index contributed by atoms with van der Waals surface area (Å²) in [6.07, 6.45) is 3.44. The van der Waals surface area contributed by atoms with Gasteiger partial charge in [0.15, 0.2) is 5.96 Å². The maximum absolute atomic E-state index is 11.9. The summed E-state index contributed by atoms with van der Waals surface area (Å²) in [6, 6.07) is -0.939. The Labute approximate surface area is 118 Å². The number of hydrogen-bond acceptors (Lipinski definition) is 4. The van der Waals surface area contributed by atoms with Crippen LogP contribution in [-0.4, -0.2) is 42.9 Å². The SMILES string of the molecule is NCCCC[C@@H]1NC(=O)[C@H](CCCN=C(N)N)NC1=O. The van der Waals surface area contributed by atoms with Crippen LogP contribution >= 0.6 is 0 Å². The summed E-state index contributed by atoms with van der Waals surface area (Å²) in [5.74, 6) is -0.248. The third kappa shape index (κ3) is 5.43. The van der Waals surface area contributed by atoms with Crippen LogP contribution in [0.25, 0.3) is 0 Å². The van der Waals surface area contributed by atoms with E-state index < -0.39 is 12.1 Å². The molecule has 0 radical (unpaired) electrons. The molecule has 1 rings (SSSR count). The zero-order valence-corrected chi connectivity index (χ0v) is 11.6. The molecule has 0 aromatic rings. The molecule has 0 saturated carbocycles. The summed E-state index contributed by atoms with van der Waals surface area (Å²) in [4.78, 5) is 27.6. The largest absolute Gasteiger partial charge is 0.370 e. The zero-order chi connectivity index (χ0) is 15.0. The number of piperazine rings is 1. The highest BCUT2D eigenvalue weighted by Crippen LogP contribution is 2.09. The van der Waals surface area contributed by atoms with Gasteiger partial charge in [-0.25, -0.2) is 0 Å². The monoisotopic (exact) mass is 284 g/mol. The molecule has 0 aromatic carbocycles. The van der Waals surface area contributed by atoms with Crippen molar-refractivity contribution in [1.82, 2.24) is 10.6 Å². The van der Waals surface area contributed by atoms with Gasteiger partial charge in [-0.05, 0) is 38.6 Å². The van der Waals surface area contributed by atoms with Crippen LogP contribution in [0.3, 0.4) is 0 Å². The van der Waals surface area contributed by atoms with E-state index in [-0.39, 0.29) is 17.8 Å². The maximum Gasteiger partial charge on any atom is 0.243 e. The van der Waals surface area contributed by atoms with Crippen molar-refractivity contribution in [3.63, 3.8) is 0 Å². The van der Waals surface area contributed by atoms with Gasteiger partial charge in [0.2, 0.25) is 11.8 Å². The highest BCUT2D eigenvalue weighted by molar-refractivity contribution is 5.96. The molecule has 0 unspecified atom stereocenters. The minimum atomic E-state index is -0.498. The number of nitrogens with one attached hydrogen (secondary N) is 2. The number of carbonyl (C=O) groups excluding carboxylic acids is 2. The van der Waals surface area contributed by atoms with E-state index in [9.17, 15) is 9.59 Å². The Balaban J connectivity index is 2.34. The second-order valence-corrected chi connectivity index (χ2v) is 4.86. The van der Waals surface area contributed by atoms with Crippen LogP contribution in [0.5, 0.6) is 0 Å². The normalized spacial score (nSPS) is 22.1. The van der Waals surface area contributed by atoms with Crippen LogP contribution in [0.15, 0.2) is 4.99 Å². The van der Waals surface area contributed by atoms with Gasteiger partial charge in [-0.3, -0.25) is 14.6 Å². The fraction of sp³-hybridized carbons (Fsp3) is 0.750. The number of rotatable bonds is 8. The van der Waals surface area contributed by atoms with Crippen LogP contribution in [-0.2, 0) is 9.59 Å². The summed E-state index contributed by atoms with van der Waals surface area (Å²) in [6.45, 7) is 1.04. The van der Waals surface area contributed by atoms with Crippen molar-refractivity contribution in [2.45, 2.75) is 44.2 Å². The molecule has 0 bridgehead atoms. The number of nitrogens with two attached hydrogens (primary N) is 3. The number of nitrogens with zero attached hydrogens (tertiary/aromatic N) is 1. The van der Waals surface area contributed by atoms with Gasteiger partial charge in [0.1, 0.15) is 12.1 Å². The lowest BCUT2D eigenvalue weighted by Gasteiger charge is -2.29. The Morgan fingerprint density at radius 3 is 2.05 bits per heavy atom. The van der Waals surface area contributed by atoms with Crippen molar-refractivity contribution in [2.24, 2.45) is 22.2 Å². The van der Waals surface area contributed by atoms with E-state index in [4.69, 9.17) is 17.2 Å². The molecule has 8 heteroatoms. The van der Waals surface area contributed by atoms with Gasteiger partial charge >= 0.3 is 0 Å². The first-order chi connectivity index (χ1) is 9.54. The number of hydrogen-bond donors (Lipinski definition) is 5. The summed E-state index contributed by atoms with van der Waals surface area (Å²) in [5.41, 5.74) is 15.8. The second kappa shape index (κ2) is 8.36. The third-order valence-corrected chi connectivity index (χ3v) is 3.16. The number of guanidine groups is 1. The number of unbranched alkanes of at least 4 members (excludes halogenated alkanes) is 1. The van der Waals surface area contributed by atoms with Gasteiger partial charge < -0.3 is 27.8 Å². The molecule has 1 fully saturated rings. The predicted molar refractivity (Wildman–Crippen MR) is 76.7 cm³/mol. The molecular formula is C12H24N6O2. The van der Waals surface area contributed by atoms with E-state index in [1.807, 2.05) is 0 Å². The van der Waals surface area contributed by atoms with E-state index in [1.54, 1.807) is 0 Å². The maximum atomic E-state index is 11.9. The molecule has 0 spiro atoms. The van der Waals surface area contributed by atoms with Crippen molar-refractivity contribution in [3.8, 4) is 0 Å². The Morgan fingerprint density at radius 1 is 1.00 bits per heavy atom. The summed E-state index contributed by atoms with van der Waals surface area (Å²) >= 11 is 0. The molecule has 8 nitrogen and oxygen atoms in total. The average Bonchev–Trinajstić information content (AvgIpc) is 2.39. The molecular weight excluding hydrogens is 260 g/mol. The molecule has 1 aliphatic rings. The van der Waals surface area contributed by atoms with Crippen LogP contribution < -0.4 is 27.8 Å². The Hall–Kier alpha value is -1.83. The molecule has 20 heavy (non-hydrogen) atoms. The summed E-state index contributed by atoms with van der Waals surface area (Å²) in [7, 11) is 0. The van der Waals surface area contributed by atoms with E-state index in [1.165, 1.54) is 0 Å². The number of amides is 2. The average molecular weight is 284 g/mol. The highest BCUT2D eigenvalue weighted by atomic mass is 16.2. The lowest BCUT2D eigenvalue weighted by atomic mass is 10.0. The molecule has 2 amide bonds. The molecule has 114 valence electrons. The minimum Gasteiger partial charge on any atom is -0.370 e. The smallest absolute Gasteiger partial charge is 0.243 e. The molecule has 1 saturated heterocycles. The Kier molecular flexibility index (Phi) is 6.78. The predicted octanol–water partition coefficient (Wildman–Crippen LogP) is -1.85. The molecule has 1 aliphatic heterocycles. The highest BCUT2D eigenvalue weighted by Gasteiger charge is 2.32. The lowest BCUT2D eigenvalue weighted by Crippen LogP contribution is -2.61. The Bertz CT molecular complexity index is 367. The summed E-state index contributed by atoms with van der Waals surface area (Å²) < 4.78 is 0. The van der Waals surface area contributed by atoms with Gasteiger partial charge in [0.25, 0.3) is 0 Å². The molecule has 1 heterocycles. The van der Waals surface area contributed by atoms with Gasteiger partial charge in [0, 0.05) is 6.54 Å². The van der Waals surface area contributed by atoms with Crippen molar-refractivity contribution in [2.75, 3.05) is 13.1 Å². The molecule has 0 aromatic heterocycles. The van der Waals surface area contributed by atoms with Crippen LogP contribution in [0.4, 0.5) is 0 Å². The fourth-order valence-electron chi connectivity index (χ4n) is 2.08. The Morgan fingerprint density at radius 2 is 1.55 bits per heavy atom. The number of carbonyl (C=O) groups is 2. The van der Waals surface area contributed by atoms with Crippen molar-refractivity contribution >= 4 is 17.8 Å². The van der Waals surface area contributed by atoms with E-state index in [0.29, 0.717) is 32.4 Å². The first kappa shape index (κ1) is 16.2. The minimum absolute atomic E-state index is 0.0297. The van der Waals surface area contributed by atoms with E-state index in [0.717, 1.165) is 12.8 Å². The number of aliphatic imine (C=N–C) groups is 1. The third-order valence-electron chi connectivity index (χ3n) is 3.16.